The highest BCUT2D eigenvalue weighted by Gasteiger charge is 2.07. The fourth-order valence-corrected chi connectivity index (χ4v) is 2.05. The van der Waals surface area contributed by atoms with Gasteiger partial charge in [-0.05, 0) is 39.0 Å². The lowest BCUT2D eigenvalue weighted by Crippen LogP contribution is -2.06. The van der Waals surface area contributed by atoms with Gasteiger partial charge in [-0.3, -0.25) is 0 Å². The number of hydrogen-bond donors (Lipinski definition) is 0. The molecule has 0 spiro atoms. The molecule has 3 heteroatoms. The Bertz CT molecular complexity index is 502. The summed E-state index contributed by atoms with van der Waals surface area (Å²) in [7, 11) is 0. The first-order valence-corrected chi connectivity index (χ1v) is 6.54. The fraction of sp³-hybridized carbons (Fsp3) is 0.467. The van der Waals surface area contributed by atoms with Crippen molar-refractivity contribution in [2.45, 2.75) is 33.4 Å². The number of benzene rings is 1. The lowest BCUT2D eigenvalue weighted by Gasteiger charge is -2.11. The number of rotatable bonds is 6. The van der Waals surface area contributed by atoms with Crippen molar-refractivity contribution >= 4 is 10.9 Å². The lowest BCUT2D eigenvalue weighted by molar-refractivity contribution is 0.140. The van der Waals surface area contributed by atoms with Crippen LogP contribution in [0.25, 0.3) is 10.9 Å². The van der Waals surface area contributed by atoms with Crippen LogP contribution in [0.1, 0.15) is 20.8 Å². The molecule has 0 saturated carbocycles. The zero-order valence-electron chi connectivity index (χ0n) is 11.3. The molecule has 3 nitrogen and oxygen atoms in total. The summed E-state index contributed by atoms with van der Waals surface area (Å²) >= 11 is 0. The van der Waals surface area contributed by atoms with E-state index in [0.717, 1.165) is 25.5 Å². The zero-order chi connectivity index (χ0) is 13.0. The molecule has 98 valence electrons. The van der Waals surface area contributed by atoms with Crippen LogP contribution < -0.4 is 4.74 Å². The van der Waals surface area contributed by atoms with Gasteiger partial charge in [-0.2, -0.15) is 0 Å². The Morgan fingerprint density at radius 1 is 1.22 bits per heavy atom. The second-order valence-corrected chi connectivity index (χ2v) is 4.56. The summed E-state index contributed by atoms with van der Waals surface area (Å²) in [5, 5.41) is 1.17. The van der Waals surface area contributed by atoms with Crippen molar-refractivity contribution in [3.8, 4) is 5.75 Å². The number of aromatic nitrogens is 1. The average Bonchev–Trinajstić information content (AvgIpc) is 2.74. The van der Waals surface area contributed by atoms with E-state index in [1.165, 1.54) is 10.9 Å². The van der Waals surface area contributed by atoms with Crippen molar-refractivity contribution in [3.63, 3.8) is 0 Å². The summed E-state index contributed by atoms with van der Waals surface area (Å²) in [5.41, 5.74) is 1.20. The molecule has 1 aromatic heterocycles. The van der Waals surface area contributed by atoms with Crippen molar-refractivity contribution in [3.05, 3.63) is 30.5 Å². The second kappa shape index (κ2) is 5.91. The smallest absolute Gasteiger partial charge is 0.129 e. The van der Waals surface area contributed by atoms with Crippen LogP contribution in [0.5, 0.6) is 5.75 Å². The molecule has 0 aliphatic rings. The highest BCUT2D eigenvalue weighted by Crippen LogP contribution is 2.27. The second-order valence-electron chi connectivity index (χ2n) is 4.56. The van der Waals surface area contributed by atoms with Crippen LogP contribution in [0.15, 0.2) is 30.5 Å². The van der Waals surface area contributed by atoms with Crippen LogP contribution in [-0.2, 0) is 11.3 Å². The van der Waals surface area contributed by atoms with Gasteiger partial charge >= 0.3 is 0 Å². The minimum atomic E-state index is 0.197. The Morgan fingerprint density at radius 2 is 2.06 bits per heavy atom. The molecule has 0 bridgehead atoms. The van der Waals surface area contributed by atoms with Gasteiger partial charge in [0.15, 0.2) is 0 Å². The van der Waals surface area contributed by atoms with Crippen molar-refractivity contribution in [1.82, 2.24) is 4.57 Å². The predicted molar refractivity (Wildman–Crippen MR) is 74.2 cm³/mol. The molecule has 0 radical (unpaired) electrons. The number of nitrogens with zero attached hydrogens (tertiary/aromatic N) is 1. The van der Waals surface area contributed by atoms with Gasteiger partial charge in [0.05, 0.1) is 18.2 Å². The number of hydrogen-bond acceptors (Lipinski definition) is 2. The van der Waals surface area contributed by atoms with E-state index in [9.17, 15) is 0 Å². The molecule has 0 aliphatic heterocycles. The van der Waals surface area contributed by atoms with E-state index in [4.69, 9.17) is 9.47 Å². The number of ether oxygens (including phenoxy) is 2. The van der Waals surface area contributed by atoms with E-state index in [0.29, 0.717) is 0 Å². The molecule has 2 rings (SSSR count). The molecule has 1 aromatic carbocycles. The number of fused-ring (bicyclic) bond motifs is 1. The third kappa shape index (κ3) is 2.85. The van der Waals surface area contributed by atoms with Gasteiger partial charge in [0.2, 0.25) is 0 Å². The Morgan fingerprint density at radius 3 is 2.78 bits per heavy atom. The topological polar surface area (TPSA) is 23.4 Å². The lowest BCUT2D eigenvalue weighted by atomic mass is 10.2. The van der Waals surface area contributed by atoms with E-state index < -0.39 is 0 Å². The fourth-order valence-electron chi connectivity index (χ4n) is 2.05. The van der Waals surface area contributed by atoms with Crippen molar-refractivity contribution in [2.75, 3.05) is 13.2 Å². The molecule has 2 aromatic rings. The maximum Gasteiger partial charge on any atom is 0.129 e. The van der Waals surface area contributed by atoms with Gasteiger partial charge in [0.1, 0.15) is 5.75 Å². The third-order valence-corrected chi connectivity index (χ3v) is 2.82. The van der Waals surface area contributed by atoms with Crippen LogP contribution in [0.4, 0.5) is 0 Å². The minimum Gasteiger partial charge on any atom is -0.490 e. The van der Waals surface area contributed by atoms with Crippen molar-refractivity contribution in [2.24, 2.45) is 0 Å². The van der Waals surface area contributed by atoms with Crippen LogP contribution >= 0.6 is 0 Å². The van der Waals surface area contributed by atoms with E-state index >= 15 is 0 Å². The molecule has 1 heterocycles. The van der Waals surface area contributed by atoms with Gasteiger partial charge in [0.25, 0.3) is 0 Å². The highest BCUT2D eigenvalue weighted by atomic mass is 16.5. The Kier molecular flexibility index (Phi) is 4.26. The van der Waals surface area contributed by atoms with Gasteiger partial charge in [-0.25, -0.2) is 0 Å². The van der Waals surface area contributed by atoms with Gasteiger partial charge in [0, 0.05) is 24.7 Å². The SMILES string of the molecule is CCOCCn1ccc2c(OC(C)C)cccc21. The summed E-state index contributed by atoms with van der Waals surface area (Å²) in [6.07, 6.45) is 2.29. The molecule has 0 aliphatic carbocycles. The van der Waals surface area contributed by atoms with Gasteiger partial charge in [-0.1, -0.05) is 6.07 Å². The first-order chi connectivity index (χ1) is 8.72. The summed E-state index contributed by atoms with van der Waals surface area (Å²) < 4.78 is 13.4. The molecular formula is C15H21NO2. The van der Waals surface area contributed by atoms with Gasteiger partial charge < -0.3 is 14.0 Å². The monoisotopic (exact) mass is 247 g/mol. The summed E-state index contributed by atoms with van der Waals surface area (Å²) in [6, 6.07) is 8.29. The quantitative estimate of drug-likeness (QED) is 0.730. The van der Waals surface area contributed by atoms with E-state index in [1.807, 2.05) is 32.9 Å². The van der Waals surface area contributed by atoms with Crippen LogP contribution in [0.2, 0.25) is 0 Å². The molecule has 0 amide bonds. The minimum absolute atomic E-state index is 0.197. The predicted octanol–water partition coefficient (Wildman–Crippen LogP) is 3.47. The Hall–Kier alpha value is -1.48. The molecule has 0 fully saturated rings. The normalized spacial score (nSPS) is 11.3. The third-order valence-electron chi connectivity index (χ3n) is 2.82. The van der Waals surface area contributed by atoms with Gasteiger partial charge in [-0.15, -0.1) is 0 Å². The Labute approximate surface area is 108 Å². The summed E-state index contributed by atoms with van der Waals surface area (Å²) in [4.78, 5) is 0. The standard InChI is InChI=1S/C15H21NO2/c1-4-17-11-10-16-9-8-13-14(16)6-5-7-15(13)18-12(2)3/h5-9,12H,4,10-11H2,1-3H3. The average molecular weight is 247 g/mol. The van der Waals surface area contributed by atoms with E-state index in [-0.39, 0.29) is 6.10 Å². The highest BCUT2D eigenvalue weighted by molar-refractivity contribution is 5.86. The molecular weight excluding hydrogens is 226 g/mol. The van der Waals surface area contributed by atoms with Crippen molar-refractivity contribution < 1.29 is 9.47 Å². The molecule has 0 saturated heterocycles. The maximum atomic E-state index is 5.82. The Balaban J connectivity index is 2.24. The molecule has 18 heavy (non-hydrogen) atoms. The van der Waals surface area contributed by atoms with Crippen LogP contribution in [0.3, 0.4) is 0 Å². The van der Waals surface area contributed by atoms with E-state index in [2.05, 4.69) is 22.9 Å². The first kappa shape index (κ1) is 13.0. The largest absolute Gasteiger partial charge is 0.490 e. The molecule has 0 unspecified atom stereocenters. The summed E-state index contributed by atoms with van der Waals surface area (Å²) in [6.45, 7) is 8.50. The first-order valence-electron chi connectivity index (χ1n) is 6.54. The maximum absolute atomic E-state index is 5.82. The van der Waals surface area contributed by atoms with E-state index in [1.54, 1.807) is 0 Å². The molecule has 0 atom stereocenters. The molecule has 0 N–H and O–H groups in total. The zero-order valence-corrected chi connectivity index (χ0v) is 11.3. The van der Waals surface area contributed by atoms with Crippen molar-refractivity contribution in [1.29, 1.82) is 0 Å². The summed E-state index contributed by atoms with van der Waals surface area (Å²) in [5.74, 6) is 0.956. The van der Waals surface area contributed by atoms with Crippen LogP contribution in [-0.4, -0.2) is 23.9 Å². The van der Waals surface area contributed by atoms with Crippen LogP contribution in [0, 0.1) is 0 Å².